The molecule has 18 heavy (non-hydrogen) atoms. The third-order valence-electron chi connectivity index (χ3n) is 3.33. The number of hydrogen-bond donors (Lipinski definition) is 1. The molecule has 0 spiro atoms. The van der Waals surface area contributed by atoms with E-state index < -0.39 is 5.54 Å². The van der Waals surface area contributed by atoms with Crippen LogP contribution < -0.4 is 5.32 Å². The Morgan fingerprint density at radius 3 is 2.39 bits per heavy atom. The normalized spacial score (nSPS) is 32.6. The first-order valence-corrected chi connectivity index (χ1v) is 6.53. The number of ether oxygens (including phenoxy) is 2. The predicted octanol–water partition coefficient (Wildman–Crippen LogP) is 0.637. The number of methoxy groups -OCH3 is 1. The molecule has 0 saturated carbocycles. The highest BCUT2D eigenvalue weighted by molar-refractivity contribution is 5.81. The summed E-state index contributed by atoms with van der Waals surface area (Å²) in [6.07, 6.45) is 1.47. The van der Waals surface area contributed by atoms with Crippen LogP contribution in [-0.2, 0) is 14.3 Å². The lowest BCUT2D eigenvalue weighted by Gasteiger charge is -2.41. The van der Waals surface area contributed by atoms with Gasteiger partial charge in [-0.1, -0.05) is 0 Å². The van der Waals surface area contributed by atoms with Crippen molar-refractivity contribution in [3.05, 3.63) is 0 Å². The summed E-state index contributed by atoms with van der Waals surface area (Å²) in [5, 5.41) is 3.38. The molecule has 0 amide bonds. The van der Waals surface area contributed by atoms with Crippen LogP contribution in [0, 0.1) is 0 Å². The molecule has 0 aliphatic carbocycles. The number of carbonyl (C=O) groups is 1. The van der Waals surface area contributed by atoms with Gasteiger partial charge in [-0.15, -0.1) is 0 Å². The van der Waals surface area contributed by atoms with Crippen molar-refractivity contribution >= 4 is 5.97 Å². The van der Waals surface area contributed by atoms with Gasteiger partial charge in [0.15, 0.2) is 0 Å². The van der Waals surface area contributed by atoms with E-state index in [1.165, 1.54) is 7.11 Å². The molecule has 1 saturated heterocycles. The van der Waals surface area contributed by atoms with E-state index in [1.807, 2.05) is 27.9 Å². The van der Waals surface area contributed by atoms with E-state index in [0.717, 1.165) is 13.1 Å². The summed E-state index contributed by atoms with van der Waals surface area (Å²) in [6.45, 7) is 5.66. The molecule has 0 bridgehead atoms. The van der Waals surface area contributed by atoms with Crippen LogP contribution in [0.15, 0.2) is 0 Å². The van der Waals surface area contributed by atoms with E-state index in [9.17, 15) is 4.79 Å². The standard InChI is InChI=1S/C13H26N2O3/c1-10-8-13(12(16)17-5,9-11(2)18-10)14-6-7-15(3)4/h10-11,14H,6-9H2,1-5H3. The minimum absolute atomic E-state index is 0.0692. The van der Waals surface area contributed by atoms with E-state index in [-0.39, 0.29) is 18.2 Å². The lowest BCUT2D eigenvalue weighted by Crippen LogP contribution is -2.60. The quantitative estimate of drug-likeness (QED) is 0.733. The van der Waals surface area contributed by atoms with E-state index in [2.05, 4.69) is 10.2 Å². The van der Waals surface area contributed by atoms with Crippen molar-refractivity contribution < 1.29 is 14.3 Å². The molecule has 0 aromatic rings. The Morgan fingerprint density at radius 1 is 1.39 bits per heavy atom. The smallest absolute Gasteiger partial charge is 0.326 e. The third-order valence-corrected chi connectivity index (χ3v) is 3.33. The molecule has 1 aliphatic rings. The first-order valence-electron chi connectivity index (χ1n) is 6.53. The Hall–Kier alpha value is -0.650. The van der Waals surface area contributed by atoms with Crippen LogP contribution in [0.5, 0.6) is 0 Å². The van der Waals surface area contributed by atoms with Gasteiger partial charge in [-0.2, -0.15) is 0 Å². The zero-order valence-corrected chi connectivity index (χ0v) is 12.2. The highest BCUT2D eigenvalue weighted by Crippen LogP contribution is 2.29. The van der Waals surface area contributed by atoms with Gasteiger partial charge < -0.3 is 19.7 Å². The molecule has 1 N–H and O–H groups in total. The fourth-order valence-corrected chi connectivity index (χ4v) is 2.65. The fraction of sp³-hybridized carbons (Fsp3) is 0.923. The SMILES string of the molecule is COC(=O)C1(NCCN(C)C)CC(C)OC(C)C1. The number of hydrogen-bond acceptors (Lipinski definition) is 5. The number of nitrogens with one attached hydrogen (secondary N) is 1. The molecule has 2 unspecified atom stereocenters. The topological polar surface area (TPSA) is 50.8 Å². The number of rotatable bonds is 5. The monoisotopic (exact) mass is 258 g/mol. The molecule has 5 nitrogen and oxygen atoms in total. The van der Waals surface area contributed by atoms with Gasteiger partial charge in [0.05, 0.1) is 19.3 Å². The molecular formula is C13H26N2O3. The fourth-order valence-electron chi connectivity index (χ4n) is 2.65. The van der Waals surface area contributed by atoms with E-state index in [1.54, 1.807) is 0 Å². The first-order chi connectivity index (χ1) is 8.39. The summed E-state index contributed by atoms with van der Waals surface area (Å²) in [5.74, 6) is -0.178. The van der Waals surface area contributed by atoms with E-state index in [4.69, 9.17) is 9.47 Å². The second kappa shape index (κ2) is 6.50. The number of esters is 1. The molecular weight excluding hydrogens is 232 g/mol. The zero-order valence-electron chi connectivity index (χ0n) is 12.2. The van der Waals surface area contributed by atoms with Crippen LogP contribution in [0.3, 0.4) is 0 Å². The molecule has 1 heterocycles. The average Bonchev–Trinajstić information content (AvgIpc) is 2.26. The second-order valence-electron chi connectivity index (χ2n) is 5.47. The highest BCUT2D eigenvalue weighted by Gasteiger charge is 2.45. The van der Waals surface area contributed by atoms with Crippen molar-refractivity contribution in [1.29, 1.82) is 0 Å². The largest absolute Gasteiger partial charge is 0.468 e. The van der Waals surface area contributed by atoms with Crippen LogP contribution >= 0.6 is 0 Å². The van der Waals surface area contributed by atoms with Gasteiger partial charge in [0.2, 0.25) is 0 Å². The zero-order chi connectivity index (χ0) is 13.8. The van der Waals surface area contributed by atoms with Gasteiger partial charge in [0.25, 0.3) is 0 Å². The van der Waals surface area contributed by atoms with Crippen molar-refractivity contribution in [3.63, 3.8) is 0 Å². The molecule has 1 aliphatic heterocycles. The maximum absolute atomic E-state index is 12.1. The summed E-state index contributed by atoms with van der Waals surface area (Å²) < 4.78 is 10.7. The maximum atomic E-state index is 12.1. The Kier molecular flexibility index (Phi) is 5.56. The minimum Gasteiger partial charge on any atom is -0.468 e. The van der Waals surface area contributed by atoms with Crippen molar-refractivity contribution in [1.82, 2.24) is 10.2 Å². The summed E-state index contributed by atoms with van der Waals surface area (Å²) >= 11 is 0. The van der Waals surface area contributed by atoms with Gasteiger partial charge in [-0.05, 0) is 27.9 Å². The molecule has 2 atom stereocenters. The van der Waals surface area contributed by atoms with Gasteiger partial charge in [0.1, 0.15) is 5.54 Å². The van der Waals surface area contributed by atoms with Crippen LogP contribution in [0.25, 0.3) is 0 Å². The van der Waals surface area contributed by atoms with Gasteiger partial charge in [0, 0.05) is 25.9 Å². The van der Waals surface area contributed by atoms with Gasteiger partial charge >= 0.3 is 5.97 Å². The number of nitrogens with zero attached hydrogens (tertiary/aromatic N) is 1. The molecule has 0 aromatic heterocycles. The summed E-state index contributed by atoms with van der Waals surface area (Å²) in [6, 6.07) is 0. The molecule has 106 valence electrons. The van der Waals surface area contributed by atoms with Crippen LogP contribution in [0.1, 0.15) is 26.7 Å². The summed E-state index contributed by atoms with van der Waals surface area (Å²) in [7, 11) is 5.48. The molecule has 0 aromatic carbocycles. The van der Waals surface area contributed by atoms with Crippen molar-refractivity contribution in [2.75, 3.05) is 34.3 Å². The maximum Gasteiger partial charge on any atom is 0.326 e. The number of carbonyl (C=O) groups excluding carboxylic acids is 1. The van der Waals surface area contributed by atoms with Crippen molar-refractivity contribution in [2.45, 2.75) is 44.4 Å². The Labute approximate surface area is 110 Å². The number of likely N-dealkylation sites (N-methyl/N-ethyl adjacent to an activating group) is 1. The predicted molar refractivity (Wildman–Crippen MR) is 70.5 cm³/mol. The van der Waals surface area contributed by atoms with Crippen molar-refractivity contribution in [3.8, 4) is 0 Å². The summed E-state index contributed by atoms with van der Waals surface area (Å²) in [4.78, 5) is 14.2. The lowest BCUT2D eigenvalue weighted by molar-refractivity contribution is -0.159. The van der Waals surface area contributed by atoms with Crippen molar-refractivity contribution in [2.24, 2.45) is 0 Å². The van der Waals surface area contributed by atoms with E-state index in [0.29, 0.717) is 12.8 Å². The average molecular weight is 258 g/mol. The lowest BCUT2D eigenvalue weighted by atomic mass is 9.84. The minimum atomic E-state index is -0.595. The highest BCUT2D eigenvalue weighted by atomic mass is 16.5. The molecule has 0 radical (unpaired) electrons. The van der Waals surface area contributed by atoms with Crippen LogP contribution in [0.4, 0.5) is 0 Å². The Bertz CT molecular complexity index is 271. The molecule has 1 rings (SSSR count). The van der Waals surface area contributed by atoms with Crippen LogP contribution in [-0.4, -0.2) is 62.9 Å². The third kappa shape index (κ3) is 3.93. The second-order valence-corrected chi connectivity index (χ2v) is 5.47. The first kappa shape index (κ1) is 15.4. The van der Waals surface area contributed by atoms with Gasteiger partial charge in [-0.3, -0.25) is 4.79 Å². The molecule has 5 heteroatoms. The summed E-state index contributed by atoms with van der Waals surface area (Å²) in [5.41, 5.74) is -0.595. The van der Waals surface area contributed by atoms with Gasteiger partial charge in [-0.25, -0.2) is 0 Å². The Balaban J connectivity index is 2.72. The molecule has 1 fully saturated rings. The Morgan fingerprint density at radius 2 is 1.94 bits per heavy atom. The van der Waals surface area contributed by atoms with Crippen LogP contribution in [0.2, 0.25) is 0 Å². The van der Waals surface area contributed by atoms with E-state index >= 15 is 0 Å².